The van der Waals surface area contributed by atoms with Crippen LogP contribution in [-0.2, 0) is 11.4 Å². The average molecular weight is 379 g/mol. The number of ketones is 1. The Morgan fingerprint density at radius 1 is 1.00 bits per heavy atom. The van der Waals surface area contributed by atoms with E-state index >= 15 is 0 Å². The van der Waals surface area contributed by atoms with E-state index in [2.05, 4.69) is 5.32 Å². The fourth-order valence-corrected chi connectivity index (χ4v) is 2.82. The van der Waals surface area contributed by atoms with E-state index in [1.807, 2.05) is 30.3 Å². The number of anilines is 1. The van der Waals surface area contributed by atoms with Crippen LogP contribution < -0.4 is 10.1 Å². The van der Waals surface area contributed by atoms with Crippen molar-refractivity contribution in [3.8, 4) is 5.75 Å². The first kappa shape index (κ1) is 19.6. The molecule has 2 N–H and O–H groups in total. The molecule has 0 saturated heterocycles. The third-order valence-electron chi connectivity index (χ3n) is 4.39. The molecule has 3 rings (SSSR count). The number of hydrogen-bond donors (Lipinski definition) is 2. The quantitative estimate of drug-likeness (QED) is 0.605. The molecule has 0 fully saturated rings. The second-order valence-electron chi connectivity index (χ2n) is 6.53. The summed E-state index contributed by atoms with van der Waals surface area (Å²) in [6.07, 6.45) is -1.24. The monoisotopic (exact) mass is 379 g/mol. The number of carbonyl (C=O) groups is 1. The topological polar surface area (TPSA) is 58.6 Å². The molecule has 0 aliphatic carbocycles. The Balaban J connectivity index is 1.74. The molecule has 0 unspecified atom stereocenters. The Kier molecular flexibility index (Phi) is 6.40. The molecule has 0 amide bonds. The van der Waals surface area contributed by atoms with E-state index in [0.29, 0.717) is 18.0 Å². The number of carbonyl (C=O) groups excluding carboxylic acids is 1. The molecule has 0 saturated carbocycles. The molecule has 0 radical (unpaired) electrons. The zero-order valence-electron chi connectivity index (χ0n) is 15.5. The van der Waals surface area contributed by atoms with Crippen molar-refractivity contribution in [1.82, 2.24) is 0 Å². The second kappa shape index (κ2) is 9.15. The van der Waals surface area contributed by atoms with Gasteiger partial charge in [0.2, 0.25) is 0 Å². The second-order valence-corrected chi connectivity index (χ2v) is 6.53. The Hall–Kier alpha value is -3.18. The maximum atomic E-state index is 13.1. The third kappa shape index (κ3) is 5.18. The predicted molar refractivity (Wildman–Crippen MR) is 107 cm³/mol. The van der Waals surface area contributed by atoms with E-state index in [4.69, 9.17) is 4.74 Å². The Bertz CT molecular complexity index is 895. The van der Waals surface area contributed by atoms with Crippen molar-refractivity contribution in [1.29, 1.82) is 0 Å². The lowest BCUT2D eigenvalue weighted by atomic mass is 9.98. The van der Waals surface area contributed by atoms with Crippen molar-refractivity contribution in [2.75, 3.05) is 5.32 Å². The number of ether oxygens (including phenoxy) is 1. The molecule has 0 aliphatic rings. The summed E-state index contributed by atoms with van der Waals surface area (Å²) in [4.78, 5) is 11.8. The van der Waals surface area contributed by atoms with Gasteiger partial charge in [-0.05, 0) is 54.4 Å². The first-order valence-electron chi connectivity index (χ1n) is 9.00. The summed E-state index contributed by atoms with van der Waals surface area (Å²) >= 11 is 0. The highest BCUT2D eigenvalue weighted by atomic mass is 19.1. The molecule has 3 aromatic carbocycles. The minimum Gasteiger partial charge on any atom is -0.489 e. The highest BCUT2D eigenvalue weighted by Gasteiger charge is 2.25. The van der Waals surface area contributed by atoms with Gasteiger partial charge in [0.25, 0.3) is 0 Å². The Labute approximate surface area is 163 Å². The van der Waals surface area contributed by atoms with Crippen molar-refractivity contribution >= 4 is 11.5 Å². The van der Waals surface area contributed by atoms with Crippen LogP contribution in [-0.4, -0.2) is 17.0 Å². The van der Waals surface area contributed by atoms with Crippen molar-refractivity contribution in [3.63, 3.8) is 0 Å². The first-order valence-corrected chi connectivity index (χ1v) is 9.00. The largest absolute Gasteiger partial charge is 0.489 e. The smallest absolute Gasteiger partial charge is 0.160 e. The zero-order valence-corrected chi connectivity index (χ0v) is 15.5. The molecule has 144 valence electrons. The van der Waals surface area contributed by atoms with Gasteiger partial charge >= 0.3 is 0 Å². The van der Waals surface area contributed by atoms with Crippen molar-refractivity contribution in [2.24, 2.45) is 0 Å². The summed E-state index contributed by atoms with van der Waals surface area (Å²) in [5.41, 5.74) is 2.39. The van der Waals surface area contributed by atoms with Crippen molar-refractivity contribution in [3.05, 3.63) is 95.8 Å². The van der Waals surface area contributed by atoms with Crippen LogP contribution in [0.25, 0.3) is 0 Å². The lowest BCUT2D eigenvalue weighted by molar-refractivity contribution is -0.125. The van der Waals surface area contributed by atoms with E-state index < -0.39 is 12.1 Å². The summed E-state index contributed by atoms with van der Waals surface area (Å²) in [7, 11) is 0. The van der Waals surface area contributed by atoms with Gasteiger partial charge in [-0.2, -0.15) is 0 Å². The number of benzene rings is 3. The standard InChI is InChI=1S/C23H22FNO3/c1-16(26)23(27)22(25-20-11-9-19(24)10-12-20)18-7-13-21(14-8-18)28-15-17-5-3-2-4-6-17/h2-14,22-23,25,27H,15H2,1H3/t22-,23-/m1/s1. The molecule has 4 nitrogen and oxygen atoms in total. The van der Waals surface area contributed by atoms with Crippen LogP contribution in [0.1, 0.15) is 24.1 Å². The summed E-state index contributed by atoms with van der Waals surface area (Å²) in [6.45, 7) is 1.79. The van der Waals surface area contributed by atoms with Gasteiger partial charge in [0.15, 0.2) is 5.78 Å². The minimum atomic E-state index is -1.24. The Morgan fingerprint density at radius 3 is 2.25 bits per heavy atom. The normalized spacial score (nSPS) is 12.8. The van der Waals surface area contributed by atoms with Gasteiger partial charge in [0.05, 0.1) is 6.04 Å². The van der Waals surface area contributed by atoms with Gasteiger partial charge in [0, 0.05) is 5.69 Å². The first-order chi connectivity index (χ1) is 13.5. The molecule has 0 heterocycles. The van der Waals surface area contributed by atoms with Gasteiger partial charge in [-0.15, -0.1) is 0 Å². The zero-order chi connectivity index (χ0) is 19.9. The van der Waals surface area contributed by atoms with Crippen LogP contribution >= 0.6 is 0 Å². The summed E-state index contributed by atoms with van der Waals surface area (Å²) in [5.74, 6) is -0.0244. The number of nitrogens with one attached hydrogen (secondary N) is 1. The number of Topliss-reactive ketones (excluding diaryl/α,β-unsaturated/α-hetero) is 1. The fraction of sp³-hybridized carbons (Fsp3) is 0.174. The molecular formula is C23H22FNO3. The van der Waals surface area contributed by atoms with Gasteiger partial charge in [-0.1, -0.05) is 42.5 Å². The molecule has 0 aromatic heterocycles. The lowest BCUT2D eigenvalue weighted by Gasteiger charge is -2.24. The molecule has 5 heteroatoms. The van der Waals surface area contributed by atoms with Crippen LogP contribution in [0.3, 0.4) is 0 Å². The fourth-order valence-electron chi connectivity index (χ4n) is 2.82. The summed E-state index contributed by atoms with van der Waals surface area (Å²) in [6, 6.07) is 22.1. The van der Waals surface area contributed by atoms with E-state index in [0.717, 1.165) is 11.1 Å². The minimum absolute atomic E-state index is 0.353. The molecule has 0 spiro atoms. The predicted octanol–water partition coefficient (Wildman–Crippen LogP) is 4.51. The van der Waals surface area contributed by atoms with E-state index in [9.17, 15) is 14.3 Å². The van der Waals surface area contributed by atoms with E-state index in [1.165, 1.54) is 19.1 Å². The highest BCUT2D eigenvalue weighted by Crippen LogP contribution is 2.26. The van der Waals surface area contributed by atoms with Gasteiger partial charge < -0.3 is 15.2 Å². The highest BCUT2D eigenvalue weighted by molar-refractivity contribution is 5.81. The van der Waals surface area contributed by atoms with Gasteiger partial charge in [-0.3, -0.25) is 4.79 Å². The van der Waals surface area contributed by atoms with E-state index in [1.54, 1.807) is 36.4 Å². The maximum Gasteiger partial charge on any atom is 0.160 e. The number of hydrogen-bond acceptors (Lipinski definition) is 4. The molecule has 28 heavy (non-hydrogen) atoms. The number of aliphatic hydroxyl groups excluding tert-OH is 1. The van der Waals surface area contributed by atoms with Crippen molar-refractivity contribution in [2.45, 2.75) is 25.7 Å². The third-order valence-corrected chi connectivity index (χ3v) is 4.39. The molecule has 0 bridgehead atoms. The van der Waals surface area contributed by atoms with Crippen LogP contribution in [0.5, 0.6) is 5.75 Å². The molecule has 3 aromatic rings. The van der Waals surface area contributed by atoms with Crippen LogP contribution in [0.15, 0.2) is 78.9 Å². The lowest BCUT2D eigenvalue weighted by Crippen LogP contribution is -2.31. The van der Waals surface area contributed by atoms with Gasteiger partial charge in [0.1, 0.15) is 24.3 Å². The SMILES string of the molecule is CC(=O)[C@@H](O)[C@H](Nc1ccc(F)cc1)c1ccc(OCc2ccccc2)cc1. The van der Waals surface area contributed by atoms with Crippen LogP contribution in [0.2, 0.25) is 0 Å². The number of halogens is 1. The molecular weight excluding hydrogens is 357 g/mol. The summed E-state index contributed by atoms with van der Waals surface area (Å²) < 4.78 is 18.9. The maximum absolute atomic E-state index is 13.1. The van der Waals surface area contributed by atoms with E-state index in [-0.39, 0.29) is 11.6 Å². The summed E-state index contributed by atoms with van der Waals surface area (Å²) in [5, 5.41) is 13.5. The molecule has 0 aliphatic heterocycles. The van der Waals surface area contributed by atoms with Crippen LogP contribution in [0, 0.1) is 5.82 Å². The van der Waals surface area contributed by atoms with Crippen LogP contribution in [0.4, 0.5) is 10.1 Å². The van der Waals surface area contributed by atoms with Crippen molar-refractivity contribution < 1.29 is 19.0 Å². The van der Waals surface area contributed by atoms with Gasteiger partial charge in [-0.25, -0.2) is 4.39 Å². The Morgan fingerprint density at radius 2 is 1.64 bits per heavy atom. The average Bonchev–Trinajstić information content (AvgIpc) is 2.72. The number of rotatable bonds is 8. The molecule has 2 atom stereocenters. The number of aliphatic hydroxyl groups is 1.